The molecule has 1 aliphatic carbocycles. The third-order valence-corrected chi connectivity index (χ3v) is 5.13. The Morgan fingerprint density at radius 1 is 1.30 bits per heavy atom. The second kappa shape index (κ2) is 7.55. The minimum atomic E-state index is -1.07. The molecule has 0 saturated heterocycles. The molecule has 1 unspecified atom stereocenters. The van der Waals surface area contributed by atoms with Crippen molar-refractivity contribution in [2.24, 2.45) is 11.7 Å². The van der Waals surface area contributed by atoms with Gasteiger partial charge in [0.2, 0.25) is 5.91 Å². The van der Waals surface area contributed by atoms with Gasteiger partial charge in [0.05, 0.1) is 0 Å². The monoisotopic (exact) mass is 294 g/mol. The van der Waals surface area contributed by atoms with Crippen molar-refractivity contribution < 1.29 is 9.00 Å². The van der Waals surface area contributed by atoms with Crippen LogP contribution in [0, 0.1) is 5.92 Å². The molecule has 0 spiro atoms. The van der Waals surface area contributed by atoms with Crippen molar-refractivity contribution in [2.75, 3.05) is 16.8 Å². The first kappa shape index (κ1) is 15.2. The SMILES string of the molecule is NCc1ccccc1NC(=O)CS(=O)CC1CCCC1. The fraction of sp³-hybridized carbons (Fsp3) is 0.533. The van der Waals surface area contributed by atoms with E-state index in [1.807, 2.05) is 24.3 Å². The Morgan fingerprint density at radius 3 is 2.70 bits per heavy atom. The maximum absolute atomic E-state index is 12.0. The van der Waals surface area contributed by atoms with E-state index < -0.39 is 10.8 Å². The Morgan fingerprint density at radius 2 is 2.00 bits per heavy atom. The first-order valence-corrected chi connectivity index (χ1v) is 8.60. The topological polar surface area (TPSA) is 72.2 Å². The minimum Gasteiger partial charge on any atom is -0.326 e. The lowest BCUT2D eigenvalue weighted by Crippen LogP contribution is -2.23. The molecule has 4 nitrogen and oxygen atoms in total. The number of anilines is 1. The number of nitrogens with one attached hydrogen (secondary N) is 1. The zero-order chi connectivity index (χ0) is 14.4. The normalized spacial score (nSPS) is 17.1. The van der Waals surface area contributed by atoms with Gasteiger partial charge in [-0.2, -0.15) is 0 Å². The molecular weight excluding hydrogens is 272 g/mol. The van der Waals surface area contributed by atoms with Crippen LogP contribution in [0.4, 0.5) is 5.69 Å². The third kappa shape index (κ3) is 4.42. The van der Waals surface area contributed by atoms with Crippen molar-refractivity contribution in [3.05, 3.63) is 29.8 Å². The maximum Gasteiger partial charge on any atom is 0.236 e. The molecule has 1 aromatic carbocycles. The molecule has 0 aromatic heterocycles. The van der Waals surface area contributed by atoms with Crippen LogP contribution in [-0.4, -0.2) is 21.6 Å². The molecular formula is C15H22N2O2S. The Balaban J connectivity index is 1.83. The molecule has 1 saturated carbocycles. The molecule has 5 heteroatoms. The largest absolute Gasteiger partial charge is 0.326 e. The first-order valence-electron chi connectivity index (χ1n) is 7.12. The van der Waals surface area contributed by atoms with Gasteiger partial charge >= 0.3 is 0 Å². The lowest BCUT2D eigenvalue weighted by atomic mass is 10.1. The minimum absolute atomic E-state index is 0.0788. The molecule has 1 aromatic rings. The molecule has 2 rings (SSSR count). The van der Waals surface area contributed by atoms with Gasteiger partial charge in [0.1, 0.15) is 5.75 Å². The van der Waals surface area contributed by atoms with Crippen LogP contribution in [-0.2, 0) is 22.1 Å². The predicted octanol–water partition coefficient (Wildman–Crippen LogP) is 2.02. The van der Waals surface area contributed by atoms with E-state index in [1.165, 1.54) is 12.8 Å². The van der Waals surface area contributed by atoms with Crippen LogP contribution in [0.15, 0.2) is 24.3 Å². The van der Waals surface area contributed by atoms with Crippen LogP contribution < -0.4 is 11.1 Å². The number of rotatable bonds is 6. The number of benzene rings is 1. The highest BCUT2D eigenvalue weighted by Crippen LogP contribution is 2.25. The van der Waals surface area contributed by atoms with Crippen molar-refractivity contribution >= 4 is 22.4 Å². The third-order valence-electron chi connectivity index (χ3n) is 3.70. The van der Waals surface area contributed by atoms with Gasteiger partial charge in [-0.25, -0.2) is 0 Å². The van der Waals surface area contributed by atoms with Crippen molar-refractivity contribution in [3.8, 4) is 0 Å². The summed E-state index contributed by atoms with van der Waals surface area (Å²) in [6.07, 6.45) is 4.78. The van der Waals surface area contributed by atoms with Crippen molar-refractivity contribution in [1.82, 2.24) is 0 Å². The van der Waals surface area contributed by atoms with Crippen LogP contribution in [0.1, 0.15) is 31.2 Å². The number of carbonyl (C=O) groups excluding carboxylic acids is 1. The van der Waals surface area contributed by atoms with Gasteiger partial charge in [-0.3, -0.25) is 9.00 Å². The zero-order valence-corrected chi connectivity index (χ0v) is 12.5. The molecule has 0 aliphatic heterocycles. The van der Waals surface area contributed by atoms with Gasteiger partial charge in [0.25, 0.3) is 0 Å². The second-order valence-corrected chi connectivity index (χ2v) is 6.81. The van der Waals surface area contributed by atoms with Gasteiger partial charge in [-0.15, -0.1) is 0 Å². The second-order valence-electron chi connectivity index (χ2n) is 5.31. The van der Waals surface area contributed by atoms with Crippen LogP contribution in [0.2, 0.25) is 0 Å². The summed E-state index contributed by atoms with van der Waals surface area (Å²) < 4.78 is 12.0. The van der Waals surface area contributed by atoms with Crippen LogP contribution in [0.3, 0.4) is 0 Å². The summed E-state index contributed by atoms with van der Waals surface area (Å²) in [4.78, 5) is 11.9. The summed E-state index contributed by atoms with van der Waals surface area (Å²) in [5.41, 5.74) is 7.24. The predicted molar refractivity (Wildman–Crippen MR) is 82.8 cm³/mol. The summed E-state index contributed by atoms with van der Waals surface area (Å²) in [6.45, 7) is 0.377. The van der Waals surface area contributed by atoms with Gasteiger partial charge < -0.3 is 11.1 Å². The fourth-order valence-electron chi connectivity index (χ4n) is 2.65. The molecule has 3 N–H and O–H groups in total. The number of hydrogen-bond donors (Lipinski definition) is 2. The number of amides is 1. The maximum atomic E-state index is 12.0. The molecule has 110 valence electrons. The highest BCUT2D eigenvalue weighted by Gasteiger charge is 2.19. The molecule has 20 heavy (non-hydrogen) atoms. The van der Waals surface area contributed by atoms with E-state index in [-0.39, 0.29) is 11.7 Å². The highest BCUT2D eigenvalue weighted by atomic mass is 32.2. The summed E-state index contributed by atoms with van der Waals surface area (Å²) in [5, 5.41) is 2.81. The van der Waals surface area contributed by atoms with Gasteiger partial charge in [-0.05, 0) is 30.4 Å². The highest BCUT2D eigenvalue weighted by molar-refractivity contribution is 7.85. The quantitative estimate of drug-likeness (QED) is 0.843. The molecule has 0 heterocycles. The average Bonchev–Trinajstić information content (AvgIpc) is 2.91. The van der Waals surface area contributed by atoms with E-state index in [9.17, 15) is 9.00 Å². The van der Waals surface area contributed by atoms with E-state index in [4.69, 9.17) is 5.73 Å². The number of carbonyl (C=O) groups is 1. The Kier molecular flexibility index (Phi) is 5.73. The van der Waals surface area contributed by atoms with E-state index >= 15 is 0 Å². The summed E-state index contributed by atoms with van der Waals surface area (Å²) in [5.74, 6) is 1.09. The van der Waals surface area contributed by atoms with Crippen molar-refractivity contribution in [1.29, 1.82) is 0 Å². The lowest BCUT2D eigenvalue weighted by Gasteiger charge is -2.11. The summed E-state index contributed by atoms with van der Waals surface area (Å²) in [6, 6.07) is 7.44. The smallest absolute Gasteiger partial charge is 0.236 e. The van der Waals surface area contributed by atoms with E-state index in [2.05, 4.69) is 5.32 Å². The van der Waals surface area contributed by atoms with E-state index in [0.717, 1.165) is 24.1 Å². The number of hydrogen-bond acceptors (Lipinski definition) is 3. The zero-order valence-electron chi connectivity index (χ0n) is 11.6. The molecule has 1 atom stereocenters. The summed E-state index contributed by atoms with van der Waals surface area (Å²) in [7, 11) is -1.07. The molecule has 0 bridgehead atoms. The van der Waals surface area contributed by atoms with Crippen LogP contribution in [0.25, 0.3) is 0 Å². The van der Waals surface area contributed by atoms with Gasteiger partial charge in [0.15, 0.2) is 0 Å². The standard InChI is InChI=1S/C15H22N2O2S/c16-9-13-7-3-4-8-14(13)17-15(18)11-20(19)10-12-5-1-2-6-12/h3-4,7-8,12H,1-2,5-6,9-11,16H2,(H,17,18). The van der Waals surface area contributed by atoms with Gasteiger partial charge in [0, 0.05) is 28.8 Å². The van der Waals surface area contributed by atoms with Crippen LogP contribution >= 0.6 is 0 Å². The van der Waals surface area contributed by atoms with Crippen molar-refractivity contribution in [2.45, 2.75) is 32.2 Å². The Labute approximate surface area is 122 Å². The van der Waals surface area contributed by atoms with E-state index in [0.29, 0.717) is 18.2 Å². The molecule has 0 radical (unpaired) electrons. The number of nitrogens with two attached hydrogens (primary N) is 1. The Hall–Kier alpha value is -1.20. The number of para-hydroxylation sites is 1. The van der Waals surface area contributed by atoms with E-state index in [1.54, 1.807) is 0 Å². The first-order chi connectivity index (χ1) is 9.69. The Bertz CT molecular complexity index is 485. The summed E-state index contributed by atoms with van der Waals surface area (Å²) >= 11 is 0. The van der Waals surface area contributed by atoms with Gasteiger partial charge in [-0.1, -0.05) is 31.0 Å². The average molecular weight is 294 g/mol. The van der Waals surface area contributed by atoms with Crippen molar-refractivity contribution in [3.63, 3.8) is 0 Å². The molecule has 1 fully saturated rings. The lowest BCUT2D eigenvalue weighted by molar-refractivity contribution is -0.113. The fourth-order valence-corrected chi connectivity index (χ4v) is 3.99. The molecule has 1 aliphatic rings. The molecule has 1 amide bonds. The van der Waals surface area contributed by atoms with Crippen LogP contribution in [0.5, 0.6) is 0 Å².